The van der Waals surface area contributed by atoms with Crippen molar-refractivity contribution in [1.82, 2.24) is 4.98 Å². The maximum Gasteiger partial charge on any atom is 0.262 e. The van der Waals surface area contributed by atoms with E-state index in [2.05, 4.69) is 15.0 Å². The number of thiophene rings is 1. The quantitative estimate of drug-likeness (QED) is 0.349. The van der Waals surface area contributed by atoms with Gasteiger partial charge in [-0.2, -0.15) is 11.3 Å². The van der Waals surface area contributed by atoms with Gasteiger partial charge in [0, 0.05) is 27.7 Å². The van der Waals surface area contributed by atoms with Gasteiger partial charge in [0.05, 0.1) is 24.1 Å². The molecular formula is C23H21N3O4S3. The van der Waals surface area contributed by atoms with E-state index < -0.39 is 10.0 Å². The first-order chi connectivity index (χ1) is 15.8. The molecule has 0 unspecified atom stereocenters. The molecule has 0 radical (unpaired) electrons. The van der Waals surface area contributed by atoms with Crippen molar-refractivity contribution in [2.24, 2.45) is 0 Å². The number of hydrogen-bond acceptors (Lipinski definition) is 7. The van der Waals surface area contributed by atoms with Gasteiger partial charge in [-0.25, -0.2) is 13.4 Å². The topological polar surface area (TPSA) is 97.4 Å². The van der Waals surface area contributed by atoms with Crippen LogP contribution in [0.3, 0.4) is 0 Å². The zero-order valence-corrected chi connectivity index (χ0v) is 20.3. The summed E-state index contributed by atoms with van der Waals surface area (Å²) in [5.41, 5.74) is 3.08. The lowest BCUT2D eigenvalue weighted by molar-refractivity contribution is -0.115. The number of anilines is 2. The number of nitrogens with zero attached hydrogens (tertiary/aromatic N) is 1. The fourth-order valence-corrected chi connectivity index (χ4v) is 5.98. The van der Waals surface area contributed by atoms with Crippen LogP contribution in [0.25, 0.3) is 10.6 Å². The second-order valence-electron chi connectivity index (χ2n) is 7.20. The SMILES string of the molecule is COc1ccc(NS(=O)(=O)c2cc(NC(=O)Cc3csc(-c4ccsc4)n3)ccc2C)cc1. The first-order valence-electron chi connectivity index (χ1n) is 9.88. The van der Waals surface area contributed by atoms with Gasteiger partial charge >= 0.3 is 0 Å². The smallest absolute Gasteiger partial charge is 0.262 e. The molecule has 2 N–H and O–H groups in total. The number of aromatic nitrogens is 1. The number of rotatable bonds is 8. The third-order valence-electron chi connectivity index (χ3n) is 4.77. The molecule has 2 aromatic heterocycles. The Morgan fingerprint density at radius 3 is 2.52 bits per heavy atom. The molecule has 4 aromatic rings. The third-order valence-corrected chi connectivity index (χ3v) is 7.91. The van der Waals surface area contributed by atoms with Crippen molar-refractivity contribution in [2.75, 3.05) is 17.1 Å². The highest BCUT2D eigenvalue weighted by atomic mass is 32.2. The van der Waals surface area contributed by atoms with Crippen LogP contribution in [-0.4, -0.2) is 26.4 Å². The molecule has 2 heterocycles. The number of ether oxygens (including phenoxy) is 1. The van der Waals surface area contributed by atoms with Crippen LogP contribution in [0, 0.1) is 6.92 Å². The number of sulfonamides is 1. The van der Waals surface area contributed by atoms with Gasteiger partial charge in [0.2, 0.25) is 5.91 Å². The van der Waals surface area contributed by atoms with Gasteiger partial charge in [0.15, 0.2) is 0 Å². The van der Waals surface area contributed by atoms with Crippen LogP contribution in [0.5, 0.6) is 5.75 Å². The third kappa shape index (κ3) is 5.59. The second-order valence-corrected chi connectivity index (χ2v) is 10.5. The largest absolute Gasteiger partial charge is 0.497 e. The van der Waals surface area contributed by atoms with Crippen LogP contribution in [-0.2, 0) is 21.2 Å². The van der Waals surface area contributed by atoms with E-state index in [4.69, 9.17) is 4.74 Å². The summed E-state index contributed by atoms with van der Waals surface area (Å²) in [7, 11) is -2.31. The van der Waals surface area contributed by atoms with Gasteiger partial charge < -0.3 is 10.1 Å². The van der Waals surface area contributed by atoms with E-state index in [1.165, 1.54) is 17.4 Å². The number of benzene rings is 2. The summed E-state index contributed by atoms with van der Waals surface area (Å²) in [4.78, 5) is 17.2. The maximum absolute atomic E-state index is 13.0. The summed E-state index contributed by atoms with van der Waals surface area (Å²) in [6.45, 7) is 1.70. The molecule has 0 bridgehead atoms. The van der Waals surface area contributed by atoms with Gasteiger partial charge in [0.25, 0.3) is 10.0 Å². The van der Waals surface area contributed by atoms with Crippen molar-refractivity contribution in [1.29, 1.82) is 0 Å². The van der Waals surface area contributed by atoms with E-state index >= 15 is 0 Å². The minimum Gasteiger partial charge on any atom is -0.497 e. The number of nitrogens with one attached hydrogen (secondary N) is 2. The van der Waals surface area contributed by atoms with Gasteiger partial charge in [-0.05, 0) is 60.3 Å². The van der Waals surface area contributed by atoms with E-state index in [9.17, 15) is 13.2 Å². The van der Waals surface area contributed by atoms with Crippen LogP contribution in [0.4, 0.5) is 11.4 Å². The summed E-state index contributed by atoms with van der Waals surface area (Å²) in [6, 6.07) is 13.4. The Kier molecular flexibility index (Phi) is 6.77. The minimum absolute atomic E-state index is 0.0875. The maximum atomic E-state index is 13.0. The van der Waals surface area contributed by atoms with E-state index in [0.29, 0.717) is 28.4 Å². The molecule has 170 valence electrons. The molecule has 33 heavy (non-hydrogen) atoms. The van der Waals surface area contributed by atoms with Crippen molar-refractivity contribution in [3.05, 3.63) is 75.9 Å². The summed E-state index contributed by atoms with van der Waals surface area (Å²) >= 11 is 3.08. The predicted octanol–water partition coefficient (Wildman–Crippen LogP) is 5.17. The van der Waals surface area contributed by atoms with E-state index in [-0.39, 0.29) is 17.2 Å². The molecule has 0 saturated heterocycles. The number of carbonyl (C=O) groups excluding carboxylic acids is 1. The number of thiazole rings is 1. The van der Waals surface area contributed by atoms with Crippen molar-refractivity contribution in [2.45, 2.75) is 18.2 Å². The van der Waals surface area contributed by atoms with Crippen LogP contribution in [0.2, 0.25) is 0 Å². The summed E-state index contributed by atoms with van der Waals surface area (Å²) in [5, 5.41) is 9.49. The predicted molar refractivity (Wildman–Crippen MR) is 133 cm³/mol. The molecule has 2 aromatic carbocycles. The average molecular weight is 500 g/mol. The minimum atomic E-state index is -3.85. The van der Waals surface area contributed by atoms with Gasteiger partial charge in [-0.1, -0.05) is 6.07 Å². The number of methoxy groups -OCH3 is 1. The van der Waals surface area contributed by atoms with Gasteiger partial charge in [-0.3, -0.25) is 9.52 Å². The van der Waals surface area contributed by atoms with E-state index in [1.54, 1.807) is 61.8 Å². The number of aryl methyl sites for hydroxylation is 1. The van der Waals surface area contributed by atoms with Crippen LogP contribution >= 0.6 is 22.7 Å². The van der Waals surface area contributed by atoms with Crippen molar-refractivity contribution in [3.8, 4) is 16.3 Å². The molecule has 0 fully saturated rings. The van der Waals surface area contributed by atoms with E-state index in [1.807, 2.05) is 22.2 Å². The Labute approximate surface area is 200 Å². The average Bonchev–Trinajstić information content (AvgIpc) is 3.47. The molecular weight excluding hydrogens is 478 g/mol. The highest BCUT2D eigenvalue weighted by molar-refractivity contribution is 7.92. The molecule has 0 aliphatic carbocycles. The van der Waals surface area contributed by atoms with Crippen LogP contribution < -0.4 is 14.8 Å². The summed E-state index contributed by atoms with van der Waals surface area (Å²) < 4.78 is 33.6. The highest BCUT2D eigenvalue weighted by Crippen LogP contribution is 2.27. The Hall–Kier alpha value is -3.21. The molecule has 0 aliphatic rings. The van der Waals surface area contributed by atoms with Crippen molar-refractivity contribution in [3.63, 3.8) is 0 Å². The molecule has 0 spiro atoms. The molecule has 0 aliphatic heterocycles. The Morgan fingerprint density at radius 2 is 1.82 bits per heavy atom. The van der Waals surface area contributed by atoms with Crippen LogP contribution in [0.1, 0.15) is 11.3 Å². The summed E-state index contributed by atoms with van der Waals surface area (Å²) in [5.74, 6) is 0.355. The fourth-order valence-electron chi connectivity index (χ4n) is 3.11. The number of hydrogen-bond donors (Lipinski definition) is 2. The zero-order valence-electron chi connectivity index (χ0n) is 17.9. The molecule has 1 amide bonds. The normalized spacial score (nSPS) is 11.2. The molecule has 0 atom stereocenters. The fraction of sp³-hybridized carbons (Fsp3) is 0.130. The van der Waals surface area contributed by atoms with E-state index in [0.717, 1.165) is 10.6 Å². The lowest BCUT2D eigenvalue weighted by Crippen LogP contribution is -2.17. The number of amides is 1. The number of carbonyl (C=O) groups is 1. The Morgan fingerprint density at radius 1 is 1.06 bits per heavy atom. The van der Waals surface area contributed by atoms with Crippen molar-refractivity contribution < 1.29 is 17.9 Å². The standard InChI is InChI=1S/C23H21N3O4S3/c1-15-3-4-18(11-21(15)33(28,29)26-17-5-7-20(30-2)8-6-17)24-22(27)12-19-14-32-23(25-19)16-9-10-31-13-16/h3-11,13-14,26H,12H2,1-2H3,(H,24,27). The molecule has 7 nitrogen and oxygen atoms in total. The Balaban J connectivity index is 1.46. The second kappa shape index (κ2) is 9.74. The van der Waals surface area contributed by atoms with Gasteiger partial charge in [-0.15, -0.1) is 11.3 Å². The Bertz CT molecular complexity index is 1360. The molecule has 4 rings (SSSR count). The zero-order chi connectivity index (χ0) is 23.4. The molecule has 0 saturated carbocycles. The lowest BCUT2D eigenvalue weighted by Gasteiger charge is -2.13. The monoisotopic (exact) mass is 499 g/mol. The first-order valence-corrected chi connectivity index (χ1v) is 13.2. The lowest BCUT2D eigenvalue weighted by atomic mass is 10.2. The van der Waals surface area contributed by atoms with Crippen LogP contribution in [0.15, 0.2) is 69.6 Å². The molecule has 10 heteroatoms. The van der Waals surface area contributed by atoms with Crippen molar-refractivity contribution >= 4 is 50.0 Å². The first kappa shape index (κ1) is 23.0. The highest BCUT2D eigenvalue weighted by Gasteiger charge is 2.19. The summed E-state index contributed by atoms with van der Waals surface area (Å²) in [6.07, 6.45) is 0.0979. The van der Waals surface area contributed by atoms with Gasteiger partial charge in [0.1, 0.15) is 10.8 Å².